The van der Waals surface area contributed by atoms with Gasteiger partial charge in [-0.25, -0.2) is 0 Å². The zero-order chi connectivity index (χ0) is 31.4. The lowest BCUT2D eigenvalue weighted by molar-refractivity contribution is 0.357. The molecule has 0 bridgehead atoms. The van der Waals surface area contributed by atoms with Gasteiger partial charge in [-0.3, -0.25) is 9.37 Å². The van der Waals surface area contributed by atoms with Crippen LogP contribution in [-0.2, 0) is 6.42 Å². The number of pyridine rings is 1. The van der Waals surface area contributed by atoms with E-state index >= 15 is 0 Å². The van der Waals surface area contributed by atoms with Gasteiger partial charge in [-0.15, -0.1) is 0 Å². The second-order valence-corrected chi connectivity index (χ2v) is 12.7. The van der Waals surface area contributed by atoms with Gasteiger partial charge in [0.2, 0.25) is 0 Å². The predicted octanol–water partition coefficient (Wildman–Crippen LogP) is 11.6. The molecule has 1 aliphatic rings. The fourth-order valence-electron chi connectivity index (χ4n) is 4.62. The normalized spacial score (nSPS) is 14.0. The molecule has 1 N–H and O–H groups in total. The molecule has 1 fully saturated rings. The van der Waals surface area contributed by atoms with E-state index in [4.69, 9.17) is 0 Å². The molecule has 0 spiro atoms. The Labute approximate surface area is 254 Å². The minimum Gasteiger partial charge on any atom is -0.387 e. The van der Waals surface area contributed by atoms with Gasteiger partial charge in [0.25, 0.3) is 0 Å². The lowest BCUT2D eigenvalue weighted by Crippen LogP contribution is -2.05. The largest absolute Gasteiger partial charge is 0.387 e. The van der Waals surface area contributed by atoms with Crippen LogP contribution in [0.2, 0.25) is 0 Å². The van der Waals surface area contributed by atoms with Crippen LogP contribution in [0.4, 0.5) is 10.1 Å². The molecule has 1 aromatic heterocycles. The van der Waals surface area contributed by atoms with E-state index in [1.807, 2.05) is 13.2 Å². The topological polar surface area (TPSA) is 24.9 Å². The lowest BCUT2D eigenvalue weighted by atomic mass is 9.91. The van der Waals surface area contributed by atoms with Gasteiger partial charge in [0.15, 0.2) is 0 Å². The van der Waals surface area contributed by atoms with Crippen molar-refractivity contribution in [3.8, 4) is 11.8 Å². The molecular formula is C38H61FN2. The zero-order valence-corrected chi connectivity index (χ0v) is 28.6. The Morgan fingerprint density at radius 2 is 1.66 bits per heavy atom. The van der Waals surface area contributed by atoms with Crippen molar-refractivity contribution >= 4 is 16.8 Å². The molecule has 1 aromatic carbocycles. The second-order valence-electron chi connectivity index (χ2n) is 12.7. The maximum Gasteiger partial charge on any atom is 0.0785 e. The average Bonchev–Trinajstić information content (AvgIpc) is 3.51. The van der Waals surface area contributed by atoms with Crippen LogP contribution >= 0.6 is 0 Å². The van der Waals surface area contributed by atoms with Crippen molar-refractivity contribution < 1.29 is 4.39 Å². The van der Waals surface area contributed by atoms with Crippen molar-refractivity contribution in [3.63, 3.8) is 0 Å². The number of halogens is 1. The number of unbranched alkanes of at least 4 members (excludes halogenated alkanes) is 1. The third kappa shape index (κ3) is 15.8. The third-order valence-electron chi connectivity index (χ3n) is 7.22. The molecule has 3 heteroatoms. The summed E-state index contributed by atoms with van der Waals surface area (Å²) in [5, 5.41) is 3.11. The van der Waals surface area contributed by atoms with E-state index in [-0.39, 0.29) is 0 Å². The van der Waals surface area contributed by atoms with Crippen LogP contribution in [0.5, 0.6) is 0 Å². The summed E-state index contributed by atoms with van der Waals surface area (Å²) in [6.45, 7) is 22.1. The van der Waals surface area contributed by atoms with Gasteiger partial charge in [-0.05, 0) is 78.3 Å². The number of aromatic nitrogens is 1. The Morgan fingerprint density at radius 1 is 1.05 bits per heavy atom. The number of nitrogens with zero attached hydrogens (tertiary/aromatic N) is 1. The van der Waals surface area contributed by atoms with Gasteiger partial charge < -0.3 is 5.32 Å². The molecule has 2 nitrogen and oxygen atoms in total. The van der Waals surface area contributed by atoms with Crippen LogP contribution in [-0.4, -0.2) is 19.2 Å². The Hall–Kier alpha value is -2.60. The number of allylic oxidation sites excluding steroid dienone is 2. The Bertz CT molecular complexity index is 1050. The SMILES string of the molecule is CC(C)(C)C.CCC(C)C1CCCC1.CCCC#C/C(=C(/C)c1ccc(NC)cn1)c1ccc(CC)cc1C.CF. The van der Waals surface area contributed by atoms with E-state index in [0.29, 0.717) is 12.6 Å². The van der Waals surface area contributed by atoms with Crippen molar-refractivity contribution in [3.05, 3.63) is 58.9 Å². The van der Waals surface area contributed by atoms with Gasteiger partial charge in [0.05, 0.1) is 24.8 Å². The molecule has 3 rings (SSSR count). The number of anilines is 1. The molecule has 1 heterocycles. The highest BCUT2D eigenvalue weighted by Crippen LogP contribution is 2.32. The number of hydrogen-bond donors (Lipinski definition) is 1. The molecule has 0 radical (unpaired) electrons. The number of hydrogen-bond acceptors (Lipinski definition) is 2. The molecule has 0 amide bonds. The third-order valence-corrected chi connectivity index (χ3v) is 7.22. The fourth-order valence-corrected chi connectivity index (χ4v) is 4.62. The highest BCUT2D eigenvalue weighted by Gasteiger charge is 2.19. The Morgan fingerprint density at radius 3 is 2.10 bits per heavy atom. The first-order chi connectivity index (χ1) is 19.4. The Balaban J connectivity index is 0.000000817. The molecular weight excluding hydrogens is 503 g/mol. The first-order valence-corrected chi connectivity index (χ1v) is 15.8. The minimum atomic E-state index is 0.500. The number of nitrogens with one attached hydrogen (secondary N) is 1. The first-order valence-electron chi connectivity index (χ1n) is 15.8. The van der Waals surface area contributed by atoms with Gasteiger partial charge >= 0.3 is 0 Å². The lowest BCUT2D eigenvalue weighted by Gasteiger charge is -2.15. The summed E-state index contributed by atoms with van der Waals surface area (Å²) < 4.78 is 9.50. The second kappa shape index (κ2) is 21.2. The van der Waals surface area contributed by atoms with Crippen LogP contribution in [0, 0.1) is 36.0 Å². The van der Waals surface area contributed by atoms with Crippen LogP contribution < -0.4 is 5.32 Å². The van der Waals surface area contributed by atoms with Crippen LogP contribution in [0.3, 0.4) is 0 Å². The maximum atomic E-state index is 9.50. The molecule has 0 aliphatic heterocycles. The highest BCUT2D eigenvalue weighted by molar-refractivity contribution is 5.97. The Kier molecular flexibility index (Phi) is 19.8. The predicted molar refractivity (Wildman–Crippen MR) is 183 cm³/mol. The summed E-state index contributed by atoms with van der Waals surface area (Å²) in [6, 6.07) is 10.8. The number of benzene rings is 1. The van der Waals surface area contributed by atoms with Gasteiger partial charge in [0.1, 0.15) is 0 Å². The minimum absolute atomic E-state index is 0.500. The van der Waals surface area contributed by atoms with E-state index in [2.05, 4.69) is 122 Å². The summed E-state index contributed by atoms with van der Waals surface area (Å²) in [6.07, 6.45) is 12.3. The van der Waals surface area contributed by atoms with E-state index in [1.165, 1.54) is 48.8 Å². The molecule has 1 atom stereocenters. The molecule has 1 aliphatic carbocycles. The van der Waals surface area contributed by atoms with Crippen molar-refractivity contribution in [1.82, 2.24) is 4.98 Å². The van der Waals surface area contributed by atoms with Crippen molar-refractivity contribution in [2.75, 3.05) is 19.5 Å². The van der Waals surface area contributed by atoms with Crippen molar-refractivity contribution in [2.24, 2.45) is 17.3 Å². The monoisotopic (exact) mass is 564 g/mol. The summed E-state index contributed by atoms with van der Waals surface area (Å²) in [5.74, 6) is 8.80. The highest BCUT2D eigenvalue weighted by atomic mass is 19.1. The van der Waals surface area contributed by atoms with Crippen molar-refractivity contribution in [1.29, 1.82) is 0 Å². The standard InChI is InChI=1S/C23H28N2.C9H18.C5H12.CH3F/c1-6-8-9-10-22(21-13-11-19(7-2)15-17(21)3)18(4)23-14-12-20(24-5)16-25-23;1-3-8(2)9-6-4-5-7-9;1-5(2,3)4;1-2/h11-16,24H,6-8H2,1-5H3;8-9H,3-7H2,1-2H3;1-4H3;1H3/b22-18+;;;. The zero-order valence-electron chi connectivity index (χ0n) is 28.6. The molecule has 41 heavy (non-hydrogen) atoms. The molecule has 1 unspecified atom stereocenters. The quantitative estimate of drug-likeness (QED) is 0.338. The summed E-state index contributed by atoms with van der Waals surface area (Å²) in [7, 11) is 2.40. The maximum absolute atomic E-state index is 9.50. The number of rotatable bonds is 7. The van der Waals surface area contributed by atoms with E-state index in [9.17, 15) is 4.39 Å². The van der Waals surface area contributed by atoms with E-state index in [0.717, 1.165) is 53.6 Å². The fraction of sp³-hybridized carbons (Fsp3) is 0.605. The van der Waals surface area contributed by atoms with Gasteiger partial charge in [0, 0.05) is 19.0 Å². The number of aryl methyl sites for hydroxylation is 2. The summed E-state index contributed by atoms with van der Waals surface area (Å²) in [4.78, 5) is 4.60. The van der Waals surface area contributed by atoms with E-state index in [1.54, 1.807) is 0 Å². The van der Waals surface area contributed by atoms with Crippen LogP contribution in [0.25, 0.3) is 11.1 Å². The molecule has 1 saturated carbocycles. The molecule has 2 aromatic rings. The average molecular weight is 565 g/mol. The number of alkyl halides is 1. The summed E-state index contributed by atoms with van der Waals surface area (Å²) >= 11 is 0. The van der Waals surface area contributed by atoms with Gasteiger partial charge in [-0.2, -0.15) is 0 Å². The molecule has 0 saturated heterocycles. The smallest absolute Gasteiger partial charge is 0.0785 e. The van der Waals surface area contributed by atoms with Crippen LogP contribution in [0.15, 0.2) is 36.5 Å². The summed E-state index contributed by atoms with van der Waals surface area (Å²) in [5.41, 5.74) is 8.52. The molecule has 230 valence electrons. The van der Waals surface area contributed by atoms with Crippen molar-refractivity contribution in [2.45, 2.75) is 121 Å². The van der Waals surface area contributed by atoms with Gasteiger partial charge in [-0.1, -0.05) is 118 Å². The van der Waals surface area contributed by atoms with E-state index < -0.39 is 0 Å². The first kappa shape index (κ1) is 38.4. The van der Waals surface area contributed by atoms with Crippen LogP contribution in [0.1, 0.15) is 130 Å².